The highest BCUT2D eigenvalue weighted by atomic mass is 35.5. The van der Waals surface area contributed by atoms with Gasteiger partial charge in [-0.05, 0) is 49.8 Å². The van der Waals surface area contributed by atoms with Crippen LogP contribution >= 0.6 is 35.0 Å². The van der Waals surface area contributed by atoms with Crippen LogP contribution in [-0.4, -0.2) is 17.5 Å². The molecule has 1 aliphatic rings. The number of benzene rings is 1. The predicted molar refractivity (Wildman–Crippen MR) is 92.2 cm³/mol. The summed E-state index contributed by atoms with van der Waals surface area (Å²) in [7, 11) is 0. The number of hydrogen-bond donors (Lipinski definition) is 1. The third kappa shape index (κ3) is 4.07. The third-order valence-corrected chi connectivity index (χ3v) is 6.35. The molecule has 4 heteroatoms. The van der Waals surface area contributed by atoms with Gasteiger partial charge in [-0.2, -0.15) is 11.8 Å². The Kier molecular flexibility index (Phi) is 6.09. The van der Waals surface area contributed by atoms with Crippen molar-refractivity contribution < 1.29 is 0 Å². The molecule has 0 bridgehead atoms. The van der Waals surface area contributed by atoms with Gasteiger partial charge in [-0.15, -0.1) is 0 Å². The van der Waals surface area contributed by atoms with E-state index in [2.05, 4.69) is 18.5 Å². The zero-order valence-corrected chi connectivity index (χ0v) is 14.5. The van der Waals surface area contributed by atoms with E-state index in [4.69, 9.17) is 23.2 Å². The fourth-order valence-corrected chi connectivity index (χ4v) is 4.33. The van der Waals surface area contributed by atoms with Crippen LogP contribution in [0.15, 0.2) is 18.2 Å². The minimum Gasteiger partial charge on any atom is -0.309 e. The molecule has 1 aromatic carbocycles. The largest absolute Gasteiger partial charge is 0.309 e. The summed E-state index contributed by atoms with van der Waals surface area (Å²) in [4.78, 5) is 0. The maximum atomic E-state index is 6.28. The third-order valence-electron chi connectivity index (χ3n) is 4.35. The lowest BCUT2D eigenvalue weighted by molar-refractivity contribution is 0.367. The van der Waals surface area contributed by atoms with Gasteiger partial charge in [0.25, 0.3) is 0 Å². The van der Waals surface area contributed by atoms with Crippen LogP contribution in [0.4, 0.5) is 0 Å². The van der Waals surface area contributed by atoms with Gasteiger partial charge >= 0.3 is 0 Å². The first-order valence-corrected chi connectivity index (χ1v) is 9.28. The second-order valence-corrected chi connectivity index (χ2v) is 7.83. The Balaban J connectivity index is 2.00. The Labute approximate surface area is 136 Å². The number of thioether (sulfide) groups is 1. The molecule has 1 N–H and O–H groups in total. The van der Waals surface area contributed by atoms with Crippen LogP contribution < -0.4 is 5.32 Å². The van der Waals surface area contributed by atoms with E-state index in [1.807, 2.05) is 30.0 Å². The lowest BCUT2D eigenvalue weighted by Gasteiger charge is -2.37. The number of halogens is 2. The molecule has 0 aliphatic heterocycles. The molecule has 1 saturated carbocycles. The van der Waals surface area contributed by atoms with Gasteiger partial charge in [0.05, 0.1) is 0 Å². The average Bonchev–Trinajstić information content (AvgIpc) is 2.48. The van der Waals surface area contributed by atoms with Crippen LogP contribution in [0.2, 0.25) is 10.0 Å². The van der Waals surface area contributed by atoms with Crippen molar-refractivity contribution in [3.8, 4) is 0 Å². The second kappa shape index (κ2) is 7.40. The van der Waals surface area contributed by atoms with Crippen LogP contribution in [0.5, 0.6) is 0 Å². The maximum Gasteiger partial charge on any atom is 0.0454 e. The minimum absolute atomic E-state index is 0.229. The van der Waals surface area contributed by atoms with E-state index in [1.54, 1.807) is 0 Å². The SMILES string of the molecule is CSC1(CNC(C)c2cc(Cl)ccc2Cl)CCCCC1. The van der Waals surface area contributed by atoms with Crippen LogP contribution in [0.25, 0.3) is 0 Å². The van der Waals surface area contributed by atoms with E-state index < -0.39 is 0 Å². The van der Waals surface area contributed by atoms with E-state index in [0.29, 0.717) is 4.75 Å². The molecule has 1 aromatic rings. The van der Waals surface area contributed by atoms with E-state index in [9.17, 15) is 0 Å². The zero-order chi connectivity index (χ0) is 14.6. The predicted octanol–water partition coefficient (Wildman–Crippen LogP) is 5.71. The first-order chi connectivity index (χ1) is 9.56. The Morgan fingerprint density at radius 2 is 1.95 bits per heavy atom. The summed E-state index contributed by atoms with van der Waals surface area (Å²) in [5.74, 6) is 0. The lowest BCUT2D eigenvalue weighted by atomic mass is 9.88. The lowest BCUT2D eigenvalue weighted by Crippen LogP contribution is -2.40. The Hall–Kier alpha value is 0.110. The summed E-state index contributed by atoms with van der Waals surface area (Å²) >= 11 is 14.4. The van der Waals surface area contributed by atoms with Crippen LogP contribution in [0, 0.1) is 0 Å². The fraction of sp³-hybridized carbons (Fsp3) is 0.625. The van der Waals surface area contributed by atoms with Crippen molar-refractivity contribution in [1.29, 1.82) is 0 Å². The van der Waals surface area contributed by atoms with Gasteiger partial charge in [0.15, 0.2) is 0 Å². The molecular formula is C16H23Cl2NS. The highest BCUT2D eigenvalue weighted by Crippen LogP contribution is 2.38. The summed E-state index contributed by atoms with van der Waals surface area (Å²) in [5.41, 5.74) is 1.09. The van der Waals surface area contributed by atoms with E-state index in [0.717, 1.165) is 22.2 Å². The zero-order valence-electron chi connectivity index (χ0n) is 12.2. The van der Waals surface area contributed by atoms with E-state index in [-0.39, 0.29) is 6.04 Å². The van der Waals surface area contributed by atoms with Gasteiger partial charge < -0.3 is 5.32 Å². The number of rotatable bonds is 5. The summed E-state index contributed by atoms with van der Waals surface area (Å²) in [6, 6.07) is 5.91. The Morgan fingerprint density at radius 1 is 1.25 bits per heavy atom. The van der Waals surface area contributed by atoms with Crippen molar-refractivity contribution in [2.45, 2.75) is 49.8 Å². The second-order valence-electron chi connectivity index (χ2n) is 5.72. The van der Waals surface area contributed by atoms with Crippen molar-refractivity contribution in [1.82, 2.24) is 5.32 Å². The highest BCUT2D eigenvalue weighted by molar-refractivity contribution is 8.00. The summed E-state index contributed by atoms with van der Waals surface area (Å²) < 4.78 is 0.400. The molecule has 112 valence electrons. The molecule has 1 nitrogen and oxygen atoms in total. The van der Waals surface area contributed by atoms with Gasteiger partial charge in [-0.1, -0.05) is 42.5 Å². The smallest absolute Gasteiger partial charge is 0.0454 e. The Bertz CT molecular complexity index is 444. The standard InChI is InChI=1S/C16H23Cl2NS/c1-12(14-10-13(17)6-7-15(14)18)19-11-16(20-2)8-4-3-5-9-16/h6-7,10,12,19H,3-5,8-9,11H2,1-2H3. The van der Waals surface area contributed by atoms with Crippen molar-refractivity contribution in [2.24, 2.45) is 0 Å². The molecule has 0 radical (unpaired) electrons. The monoisotopic (exact) mass is 331 g/mol. The molecule has 20 heavy (non-hydrogen) atoms. The molecule has 0 saturated heterocycles. The van der Waals surface area contributed by atoms with Crippen LogP contribution in [0.1, 0.15) is 50.6 Å². The van der Waals surface area contributed by atoms with Crippen molar-refractivity contribution >= 4 is 35.0 Å². The summed E-state index contributed by atoms with van der Waals surface area (Å²) in [6.45, 7) is 3.20. The first-order valence-electron chi connectivity index (χ1n) is 7.30. The van der Waals surface area contributed by atoms with Crippen molar-refractivity contribution in [3.63, 3.8) is 0 Å². The number of nitrogens with one attached hydrogen (secondary N) is 1. The first kappa shape index (κ1) is 16.5. The Morgan fingerprint density at radius 3 is 2.60 bits per heavy atom. The van der Waals surface area contributed by atoms with Crippen LogP contribution in [-0.2, 0) is 0 Å². The molecule has 0 aromatic heterocycles. The van der Waals surface area contributed by atoms with E-state index in [1.165, 1.54) is 32.1 Å². The summed E-state index contributed by atoms with van der Waals surface area (Å²) in [6.07, 6.45) is 8.97. The quantitative estimate of drug-likeness (QED) is 0.741. The van der Waals surface area contributed by atoms with Gasteiger partial charge in [-0.25, -0.2) is 0 Å². The van der Waals surface area contributed by atoms with Crippen LogP contribution in [0.3, 0.4) is 0 Å². The maximum absolute atomic E-state index is 6.28. The molecule has 1 unspecified atom stereocenters. The average molecular weight is 332 g/mol. The fourth-order valence-electron chi connectivity index (χ4n) is 2.94. The number of hydrogen-bond acceptors (Lipinski definition) is 2. The molecule has 0 heterocycles. The van der Waals surface area contributed by atoms with Gasteiger partial charge in [0, 0.05) is 27.4 Å². The van der Waals surface area contributed by atoms with Crippen molar-refractivity contribution in [2.75, 3.05) is 12.8 Å². The van der Waals surface area contributed by atoms with E-state index >= 15 is 0 Å². The van der Waals surface area contributed by atoms with Gasteiger partial charge in [-0.3, -0.25) is 0 Å². The van der Waals surface area contributed by atoms with Crippen molar-refractivity contribution in [3.05, 3.63) is 33.8 Å². The minimum atomic E-state index is 0.229. The molecular weight excluding hydrogens is 309 g/mol. The summed E-state index contributed by atoms with van der Waals surface area (Å²) in [5, 5.41) is 5.20. The molecule has 0 spiro atoms. The normalized spacial score (nSPS) is 19.8. The molecule has 2 rings (SSSR count). The van der Waals surface area contributed by atoms with Gasteiger partial charge in [0.2, 0.25) is 0 Å². The van der Waals surface area contributed by atoms with Gasteiger partial charge in [0.1, 0.15) is 0 Å². The highest BCUT2D eigenvalue weighted by Gasteiger charge is 2.31. The molecule has 1 aliphatic carbocycles. The molecule has 0 amide bonds. The molecule has 1 fully saturated rings. The topological polar surface area (TPSA) is 12.0 Å². The molecule has 1 atom stereocenters.